The van der Waals surface area contributed by atoms with Gasteiger partial charge in [0, 0.05) is 34.0 Å². The van der Waals surface area contributed by atoms with E-state index in [0.717, 1.165) is 14.5 Å². The molecular formula is C19H16Br2N2O3. The SMILES string of the molecule is CN1C=CC(=O)[C@@H](OC(=O)Nc2ccc(Br)cc2)[C@H]1c1ccccc1Br. The van der Waals surface area contributed by atoms with Crippen LogP contribution in [0.2, 0.25) is 0 Å². The van der Waals surface area contributed by atoms with Crippen LogP contribution in [0.4, 0.5) is 10.5 Å². The van der Waals surface area contributed by atoms with Crippen LogP contribution in [-0.4, -0.2) is 29.9 Å². The summed E-state index contributed by atoms with van der Waals surface area (Å²) in [5.41, 5.74) is 1.46. The van der Waals surface area contributed by atoms with Crippen LogP contribution in [0, 0.1) is 0 Å². The Morgan fingerprint density at radius 3 is 2.50 bits per heavy atom. The third-order valence-electron chi connectivity index (χ3n) is 4.03. The number of ether oxygens (including phenoxy) is 1. The van der Waals surface area contributed by atoms with Gasteiger partial charge in [-0.1, -0.05) is 50.1 Å². The van der Waals surface area contributed by atoms with Crippen LogP contribution in [-0.2, 0) is 9.53 Å². The van der Waals surface area contributed by atoms with E-state index in [4.69, 9.17) is 4.74 Å². The lowest BCUT2D eigenvalue weighted by molar-refractivity contribution is -0.126. The third kappa shape index (κ3) is 4.16. The second-order valence-corrected chi connectivity index (χ2v) is 7.58. The standard InChI is InChI=1S/C19H16Br2N2O3/c1-23-11-10-16(24)18(17(23)14-4-2-3-5-15(14)21)26-19(25)22-13-8-6-12(20)7-9-13/h2-11,17-18H,1H3,(H,22,25)/t17-,18-/m1/s1. The van der Waals surface area contributed by atoms with Gasteiger partial charge in [-0.25, -0.2) is 4.79 Å². The smallest absolute Gasteiger partial charge is 0.412 e. The van der Waals surface area contributed by atoms with Crippen molar-refractivity contribution >= 4 is 49.4 Å². The van der Waals surface area contributed by atoms with Gasteiger partial charge in [0.2, 0.25) is 0 Å². The summed E-state index contributed by atoms with van der Waals surface area (Å²) in [6.45, 7) is 0. The highest BCUT2D eigenvalue weighted by atomic mass is 79.9. The zero-order valence-electron chi connectivity index (χ0n) is 13.9. The quantitative estimate of drug-likeness (QED) is 0.680. The van der Waals surface area contributed by atoms with Crippen molar-refractivity contribution in [1.29, 1.82) is 0 Å². The second kappa shape index (κ2) is 8.05. The number of ketones is 1. The van der Waals surface area contributed by atoms with Crippen LogP contribution in [0.15, 0.2) is 69.8 Å². The Kier molecular flexibility index (Phi) is 5.78. The Morgan fingerprint density at radius 1 is 1.12 bits per heavy atom. The summed E-state index contributed by atoms with van der Waals surface area (Å²) in [5.74, 6) is -0.255. The summed E-state index contributed by atoms with van der Waals surface area (Å²) in [6.07, 6.45) is 1.50. The molecule has 1 amide bonds. The number of hydrogen-bond acceptors (Lipinski definition) is 4. The molecule has 0 saturated carbocycles. The van der Waals surface area contributed by atoms with Gasteiger partial charge in [0.25, 0.3) is 0 Å². The fourth-order valence-corrected chi connectivity index (χ4v) is 3.55. The summed E-state index contributed by atoms with van der Waals surface area (Å²) < 4.78 is 7.26. The zero-order chi connectivity index (χ0) is 18.7. The maximum absolute atomic E-state index is 12.4. The van der Waals surface area contributed by atoms with E-state index >= 15 is 0 Å². The first kappa shape index (κ1) is 18.7. The van der Waals surface area contributed by atoms with Crippen LogP contribution >= 0.6 is 31.9 Å². The molecule has 1 aliphatic rings. The number of benzene rings is 2. The molecule has 26 heavy (non-hydrogen) atoms. The zero-order valence-corrected chi connectivity index (χ0v) is 17.0. The van der Waals surface area contributed by atoms with Gasteiger partial charge in [-0.2, -0.15) is 0 Å². The summed E-state index contributed by atoms with van der Waals surface area (Å²) in [7, 11) is 1.84. The van der Waals surface area contributed by atoms with Crippen LogP contribution in [0.1, 0.15) is 11.6 Å². The van der Waals surface area contributed by atoms with Gasteiger partial charge in [-0.05, 0) is 35.9 Å². The lowest BCUT2D eigenvalue weighted by atomic mass is 9.95. The summed E-state index contributed by atoms with van der Waals surface area (Å²) >= 11 is 6.85. The monoisotopic (exact) mass is 478 g/mol. The minimum Gasteiger partial charge on any atom is -0.435 e. The summed E-state index contributed by atoms with van der Waals surface area (Å²) in [6, 6.07) is 14.3. The van der Waals surface area contributed by atoms with E-state index in [1.54, 1.807) is 18.3 Å². The molecule has 134 valence electrons. The molecule has 3 rings (SSSR count). The van der Waals surface area contributed by atoms with E-state index in [2.05, 4.69) is 37.2 Å². The molecule has 2 aromatic rings. The average molecular weight is 480 g/mol. The molecule has 2 atom stereocenters. The van der Waals surface area contributed by atoms with E-state index in [1.165, 1.54) is 6.08 Å². The van der Waals surface area contributed by atoms with Crippen LogP contribution in [0.5, 0.6) is 0 Å². The van der Waals surface area contributed by atoms with E-state index in [0.29, 0.717) is 5.69 Å². The minimum atomic E-state index is -0.945. The number of rotatable bonds is 3. The molecule has 1 N–H and O–H groups in total. The molecule has 0 aliphatic carbocycles. The van der Waals surface area contributed by atoms with Gasteiger partial charge in [-0.3, -0.25) is 10.1 Å². The minimum absolute atomic E-state index is 0.255. The summed E-state index contributed by atoms with van der Waals surface area (Å²) in [4.78, 5) is 26.6. The Labute approximate surface area is 168 Å². The molecule has 0 radical (unpaired) electrons. The molecule has 0 unspecified atom stereocenters. The highest BCUT2D eigenvalue weighted by molar-refractivity contribution is 9.10. The van der Waals surface area contributed by atoms with E-state index in [1.807, 2.05) is 48.3 Å². The van der Waals surface area contributed by atoms with Gasteiger partial charge in [0.15, 0.2) is 11.9 Å². The largest absolute Gasteiger partial charge is 0.435 e. The van der Waals surface area contributed by atoms with E-state index < -0.39 is 18.2 Å². The van der Waals surface area contributed by atoms with E-state index in [-0.39, 0.29) is 5.78 Å². The molecule has 1 heterocycles. The Bertz CT molecular complexity index is 852. The maximum Gasteiger partial charge on any atom is 0.412 e. The highest BCUT2D eigenvalue weighted by Crippen LogP contribution is 2.34. The van der Waals surface area contributed by atoms with Crippen molar-refractivity contribution in [2.45, 2.75) is 12.1 Å². The number of carbonyl (C=O) groups is 2. The molecule has 1 aliphatic heterocycles. The Balaban J connectivity index is 1.82. The lowest BCUT2D eigenvalue weighted by Crippen LogP contribution is -2.43. The first-order valence-corrected chi connectivity index (χ1v) is 9.46. The lowest BCUT2D eigenvalue weighted by Gasteiger charge is -2.35. The molecule has 0 saturated heterocycles. The van der Waals surface area contributed by atoms with Crippen molar-refractivity contribution in [2.24, 2.45) is 0 Å². The highest BCUT2D eigenvalue weighted by Gasteiger charge is 2.37. The fourth-order valence-electron chi connectivity index (χ4n) is 2.76. The number of carbonyl (C=O) groups excluding carboxylic acids is 2. The van der Waals surface area contributed by atoms with Crippen LogP contribution < -0.4 is 5.32 Å². The first-order valence-electron chi connectivity index (χ1n) is 7.87. The number of likely N-dealkylation sites (N-methyl/N-ethyl adjacent to an activating group) is 1. The molecule has 0 spiro atoms. The molecular weight excluding hydrogens is 464 g/mol. The Hall–Kier alpha value is -2.12. The number of amides is 1. The predicted molar refractivity (Wildman–Crippen MR) is 107 cm³/mol. The van der Waals surface area contributed by atoms with Gasteiger partial charge in [0.05, 0.1) is 6.04 Å². The fraction of sp³-hybridized carbons (Fsp3) is 0.158. The van der Waals surface area contributed by atoms with Crippen molar-refractivity contribution in [3.63, 3.8) is 0 Å². The number of nitrogens with one attached hydrogen (secondary N) is 1. The number of anilines is 1. The number of halogens is 2. The van der Waals surface area contributed by atoms with E-state index in [9.17, 15) is 9.59 Å². The molecule has 0 bridgehead atoms. The van der Waals surface area contributed by atoms with Crippen molar-refractivity contribution in [1.82, 2.24) is 4.90 Å². The van der Waals surface area contributed by atoms with Crippen LogP contribution in [0.3, 0.4) is 0 Å². The van der Waals surface area contributed by atoms with Crippen molar-refractivity contribution in [2.75, 3.05) is 12.4 Å². The predicted octanol–water partition coefficient (Wildman–Crippen LogP) is 4.90. The van der Waals surface area contributed by atoms with Gasteiger partial charge < -0.3 is 9.64 Å². The summed E-state index contributed by atoms with van der Waals surface area (Å²) in [5, 5.41) is 2.65. The first-order chi connectivity index (χ1) is 12.5. The second-order valence-electron chi connectivity index (χ2n) is 5.81. The third-order valence-corrected chi connectivity index (χ3v) is 5.28. The Morgan fingerprint density at radius 2 is 1.81 bits per heavy atom. The van der Waals surface area contributed by atoms with Gasteiger partial charge in [-0.15, -0.1) is 0 Å². The maximum atomic E-state index is 12.4. The molecule has 7 heteroatoms. The topological polar surface area (TPSA) is 58.6 Å². The molecule has 2 aromatic carbocycles. The number of nitrogens with zero attached hydrogens (tertiary/aromatic N) is 1. The van der Waals surface area contributed by atoms with Crippen molar-refractivity contribution in [3.05, 3.63) is 75.3 Å². The average Bonchev–Trinajstić information content (AvgIpc) is 2.61. The van der Waals surface area contributed by atoms with Crippen LogP contribution in [0.25, 0.3) is 0 Å². The van der Waals surface area contributed by atoms with Crippen molar-refractivity contribution in [3.8, 4) is 0 Å². The molecule has 0 fully saturated rings. The van der Waals surface area contributed by atoms with Gasteiger partial charge >= 0.3 is 6.09 Å². The molecule has 5 nitrogen and oxygen atoms in total. The van der Waals surface area contributed by atoms with Gasteiger partial charge in [0.1, 0.15) is 0 Å². The normalized spacial score (nSPS) is 19.3. The number of hydrogen-bond donors (Lipinski definition) is 1. The van der Waals surface area contributed by atoms with Crippen molar-refractivity contribution < 1.29 is 14.3 Å². The molecule has 0 aromatic heterocycles.